The van der Waals surface area contributed by atoms with E-state index in [0.29, 0.717) is 25.4 Å². The smallest absolute Gasteiger partial charge is 0.414 e. The Hall–Kier alpha value is -3.06. The minimum atomic E-state index is -0.308. The number of fused-ring (bicyclic) bond motifs is 3. The maximum Gasteiger partial charge on any atom is 0.414 e. The van der Waals surface area contributed by atoms with Crippen molar-refractivity contribution in [1.82, 2.24) is 9.88 Å². The lowest BCUT2D eigenvalue weighted by Crippen LogP contribution is -2.33. The zero-order valence-electron chi connectivity index (χ0n) is 18.6. The van der Waals surface area contributed by atoms with Crippen LogP contribution in [0.25, 0.3) is 21.7 Å². The highest BCUT2D eigenvalue weighted by Gasteiger charge is 2.30. The van der Waals surface area contributed by atoms with Gasteiger partial charge in [0.25, 0.3) is 5.91 Å². The van der Waals surface area contributed by atoms with E-state index in [1.165, 1.54) is 5.56 Å². The van der Waals surface area contributed by atoms with E-state index in [4.69, 9.17) is 4.74 Å². The Morgan fingerprint density at radius 2 is 2.00 bits per heavy atom. The fourth-order valence-electron chi connectivity index (χ4n) is 4.35. The molecule has 1 aromatic carbocycles. The molecule has 0 bridgehead atoms. The molecule has 3 aromatic rings. The molecule has 2 aliphatic rings. The first-order valence-corrected chi connectivity index (χ1v) is 11.8. The van der Waals surface area contributed by atoms with Crippen LogP contribution < -0.4 is 10.2 Å². The predicted octanol–water partition coefficient (Wildman–Crippen LogP) is 5.17. The van der Waals surface area contributed by atoms with Crippen molar-refractivity contribution in [2.45, 2.75) is 33.7 Å². The van der Waals surface area contributed by atoms with Crippen LogP contribution in [0.3, 0.4) is 0 Å². The second-order valence-electron chi connectivity index (χ2n) is 9.52. The van der Waals surface area contributed by atoms with Crippen molar-refractivity contribution in [2.75, 3.05) is 24.6 Å². The van der Waals surface area contributed by atoms with Gasteiger partial charge in [-0.15, -0.1) is 11.3 Å². The lowest BCUT2D eigenvalue weighted by atomic mass is 9.95. The fraction of sp³-hybridized carbons (Fsp3) is 0.360. The summed E-state index contributed by atoms with van der Waals surface area (Å²) in [5, 5.41) is 5.16. The molecule has 1 fully saturated rings. The topological polar surface area (TPSA) is 63.6 Å². The summed E-state index contributed by atoms with van der Waals surface area (Å²) in [5.41, 5.74) is 5.93. The van der Waals surface area contributed by atoms with Crippen molar-refractivity contribution in [1.29, 1.82) is 0 Å². The van der Waals surface area contributed by atoms with Crippen LogP contribution >= 0.6 is 11.3 Å². The molecule has 0 saturated carbocycles. The molecule has 6 nitrogen and oxygen atoms in total. The number of hydrogen-bond donors (Lipinski definition) is 1. The van der Waals surface area contributed by atoms with Gasteiger partial charge in [0.05, 0.1) is 12.2 Å². The van der Waals surface area contributed by atoms with E-state index in [9.17, 15) is 9.59 Å². The van der Waals surface area contributed by atoms with Crippen LogP contribution in [0.15, 0.2) is 41.8 Å². The van der Waals surface area contributed by atoms with Crippen molar-refractivity contribution in [3.63, 3.8) is 0 Å². The van der Waals surface area contributed by atoms with Gasteiger partial charge in [-0.3, -0.25) is 9.69 Å². The number of anilines is 1. The number of cyclic esters (lactones) is 1. The van der Waals surface area contributed by atoms with E-state index in [1.807, 2.05) is 18.2 Å². The summed E-state index contributed by atoms with van der Waals surface area (Å²) in [6.07, 6.45) is 0.530. The van der Waals surface area contributed by atoms with Crippen molar-refractivity contribution in [3.8, 4) is 21.7 Å². The highest BCUT2D eigenvalue weighted by Crippen LogP contribution is 2.43. The molecule has 0 atom stereocenters. The summed E-state index contributed by atoms with van der Waals surface area (Å²) in [4.78, 5) is 28.1. The average molecular weight is 450 g/mol. The molecular weight excluding hydrogens is 422 g/mol. The van der Waals surface area contributed by atoms with Gasteiger partial charge in [0.2, 0.25) is 0 Å². The second-order valence-corrected chi connectivity index (χ2v) is 10.5. The van der Waals surface area contributed by atoms with Crippen LogP contribution in [-0.2, 0) is 17.7 Å². The van der Waals surface area contributed by atoms with E-state index >= 15 is 0 Å². The molecule has 166 valence electrons. The largest absolute Gasteiger partial charge is 0.447 e. The summed E-state index contributed by atoms with van der Waals surface area (Å²) >= 11 is 1.67. The normalized spacial score (nSPS) is 15.3. The molecule has 2 aromatic heterocycles. The van der Waals surface area contributed by atoms with E-state index in [1.54, 1.807) is 16.2 Å². The van der Waals surface area contributed by atoms with Gasteiger partial charge in [0.1, 0.15) is 12.3 Å². The number of nitrogens with zero attached hydrogens (tertiary/aromatic N) is 2. The molecule has 2 amide bonds. The standard InChI is InChI=1S/C25H27N3O3S/c1-25(2,3)15-26-23(29)20-14-19(21-5-4-12-32-21)22-18-13-17(27-10-11-31-24(27)30)7-6-16(18)8-9-28(20)22/h4-7,12-14H,8-11,15H2,1-3H3,(H,26,29). The van der Waals surface area contributed by atoms with E-state index in [-0.39, 0.29) is 17.4 Å². The molecule has 32 heavy (non-hydrogen) atoms. The minimum Gasteiger partial charge on any atom is -0.447 e. The number of amides is 2. The van der Waals surface area contributed by atoms with Gasteiger partial charge < -0.3 is 14.6 Å². The number of aromatic nitrogens is 1. The highest BCUT2D eigenvalue weighted by atomic mass is 32.1. The van der Waals surface area contributed by atoms with Crippen LogP contribution in [0, 0.1) is 5.41 Å². The Balaban J connectivity index is 1.62. The van der Waals surface area contributed by atoms with Crippen molar-refractivity contribution >= 4 is 29.0 Å². The molecule has 0 spiro atoms. The number of nitrogens with one attached hydrogen (secondary N) is 1. The Morgan fingerprint density at radius 1 is 1.16 bits per heavy atom. The van der Waals surface area contributed by atoms with Crippen LogP contribution in [0.2, 0.25) is 0 Å². The summed E-state index contributed by atoms with van der Waals surface area (Å²) in [7, 11) is 0. The van der Waals surface area contributed by atoms with Crippen LogP contribution in [-0.4, -0.2) is 36.3 Å². The quantitative estimate of drug-likeness (QED) is 0.598. The van der Waals surface area contributed by atoms with E-state index in [2.05, 4.69) is 54.2 Å². The third-order valence-electron chi connectivity index (χ3n) is 5.92. The summed E-state index contributed by atoms with van der Waals surface area (Å²) in [5.74, 6) is -0.0493. The highest BCUT2D eigenvalue weighted by molar-refractivity contribution is 7.13. The molecule has 7 heteroatoms. The molecule has 2 aliphatic heterocycles. The molecule has 0 radical (unpaired) electrons. The Kier molecular flexibility index (Phi) is 5.08. The number of ether oxygens (including phenoxy) is 1. The van der Waals surface area contributed by atoms with E-state index < -0.39 is 0 Å². The molecule has 0 unspecified atom stereocenters. The van der Waals surface area contributed by atoms with E-state index in [0.717, 1.165) is 40.4 Å². The molecule has 5 rings (SSSR count). The number of carbonyl (C=O) groups excluding carboxylic acids is 2. The summed E-state index contributed by atoms with van der Waals surface area (Å²) in [6.45, 7) is 8.65. The lowest BCUT2D eigenvalue weighted by molar-refractivity contribution is 0.0930. The molecule has 4 heterocycles. The first-order valence-electron chi connectivity index (χ1n) is 10.9. The third kappa shape index (κ3) is 3.71. The average Bonchev–Trinajstić information content (AvgIpc) is 3.50. The number of aryl methyl sites for hydroxylation is 1. The van der Waals surface area contributed by atoms with Gasteiger partial charge in [-0.05, 0) is 47.0 Å². The molecular formula is C25H27N3O3S. The molecule has 1 N–H and O–H groups in total. The summed E-state index contributed by atoms with van der Waals surface area (Å²) < 4.78 is 7.28. The van der Waals surface area contributed by atoms with Gasteiger partial charge in [-0.25, -0.2) is 4.79 Å². The minimum absolute atomic E-state index is 0.00933. The Labute approximate surface area is 191 Å². The SMILES string of the molecule is CC(C)(C)CNC(=O)c1cc(-c2cccs2)c2n1CCc1ccc(N3CCOC3=O)cc1-2. The first-order chi connectivity index (χ1) is 15.3. The molecule has 1 saturated heterocycles. The number of rotatable bonds is 4. The van der Waals surface area contributed by atoms with Gasteiger partial charge in [0, 0.05) is 34.8 Å². The van der Waals surface area contributed by atoms with Gasteiger partial charge in [0.15, 0.2) is 0 Å². The number of benzene rings is 1. The number of hydrogen-bond acceptors (Lipinski definition) is 4. The maximum atomic E-state index is 13.2. The zero-order valence-corrected chi connectivity index (χ0v) is 19.4. The van der Waals surface area contributed by atoms with Gasteiger partial charge in [-0.2, -0.15) is 0 Å². The summed E-state index contributed by atoms with van der Waals surface area (Å²) in [6, 6.07) is 12.3. The lowest BCUT2D eigenvalue weighted by Gasteiger charge is -2.25. The predicted molar refractivity (Wildman–Crippen MR) is 127 cm³/mol. The first kappa shape index (κ1) is 20.8. The van der Waals surface area contributed by atoms with Gasteiger partial charge in [-0.1, -0.05) is 32.9 Å². The maximum absolute atomic E-state index is 13.2. The fourth-order valence-corrected chi connectivity index (χ4v) is 5.09. The van der Waals surface area contributed by atoms with Gasteiger partial charge >= 0.3 is 6.09 Å². The Bertz CT molecular complexity index is 1190. The zero-order chi connectivity index (χ0) is 22.5. The second kappa shape index (κ2) is 7.81. The Morgan fingerprint density at radius 3 is 2.69 bits per heavy atom. The van der Waals surface area contributed by atoms with Crippen LogP contribution in [0.1, 0.15) is 36.8 Å². The monoisotopic (exact) mass is 449 g/mol. The van der Waals surface area contributed by atoms with Crippen molar-refractivity contribution in [2.24, 2.45) is 5.41 Å². The number of carbonyl (C=O) groups is 2. The van der Waals surface area contributed by atoms with Crippen LogP contribution in [0.5, 0.6) is 0 Å². The van der Waals surface area contributed by atoms with Crippen LogP contribution in [0.4, 0.5) is 10.5 Å². The van der Waals surface area contributed by atoms with Crippen molar-refractivity contribution < 1.29 is 14.3 Å². The van der Waals surface area contributed by atoms with Crippen molar-refractivity contribution in [3.05, 3.63) is 53.0 Å². The molecule has 0 aliphatic carbocycles. The number of thiophene rings is 1. The third-order valence-corrected chi connectivity index (χ3v) is 6.82.